The second-order valence-electron chi connectivity index (χ2n) is 8.17. The second kappa shape index (κ2) is 9.21. The van der Waals surface area contributed by atoms with Crippen LogP contribution in [0.25, 0.3) is 22.1 Å². The van der Waals surface area contributed by atoms with Crippen molar-refractivity contribution in [2.75, 3.05) is 31.1 Å². The molecule has 1 N–H and O–H groups in total. The van der Waals surface area contributed by atoms with E-state index < -0.39 is 0 Å². The Balaban J connectivity index is 1.39. The molecule has 0 atom stereocenters. The first-order valence-electron chi connectivity index (χ1n) is 10.7. The van der Waals surface area contributed by atoms with Crippen molar-refractivity contribution in [2.24, 2.45) is 0 Å². The first kappa shape index (κ1) is 22.0. The van der Waals surface area contributed by atoms with Crippen molar-refractivity contribution in [3.8, 4) is 16.9 Å². The standard InChI is InChI=1S/C26H22BrClN2O3/c27-18-6-4-17(5-7-18)23-16-33-26-21(25(23)32)8-9-24(31)22(26)15-29-10-12-30(13-11-29)20-3-1-2-19(28)14-20/h1-9,14,16,31H,10-13,15H2. The number of hydrogen-bond acceptors (Lipinski definition) is 5. The Morgan fingerprint density at radius 3 is 2.48 bits per heavy atom. The van der Waals surface area contributed by atoms with Crippen molar-refractivity contribution in [2.45, 2.75) is 6.54 Å². The van der Waals surface area contributed by atoms with Gasteiger partial charge in [0.25, 0.3) is 0 Å². The van der Waals surface area contributed by atoms with Gasteiger partial charge >= 0.3 is 0 Å². The molecule has 0 amide bonds. The summed E-state index contributed by atoms with van der Waals surface area (Å²) < 4.78 is 6.89. The number of halogens is 2. The molecule has 1 aliphatic rings. The predicted octanol–water partition coefficient (Wildman–Crippen LogP) is 5.90. The second-order valence-corrected chi connectivity index (χ2v) is 9.52. The molecule has 0 aliphatic carbocycles. The van der Waals surface area contributed by atoms with Crippen LogP contribution in [0.1, 0.15) is 5.56 Å². The van der Waals surface area contributed by atoms with E-state index in [0.717, 1.165) is 46.9 Å². The summed E-state index contributed by atoms with van der Waals surface area (Å²) in [7, 11) is 0. The first-order valence-corrected chi connectivity index (χ1v) is 11.9. The van der Waals surface area contributed by atoms with E-state index in [1.807, 2.05) is 42.5 Å². The third-order valence-electron chi connectivity index (χ3n) is 6.10. The summed E-state index contributed by atoms with van der Waals surface area (Å²) in [6, 6.07) is 18.6. The molecule has 1 fully saturated rings. The average Bonchev–Trinajstić information content (AvgIpc) is 2.82. The van der Waals surface area contributed by atoms with E-state index >= 15 is 0 Å². The van der Waals surface area contributed by atoms with Gasteiger partial charge in [-0.3, -0.25) is 9.69 Å². The number of piperazine rings is 1. The first-order chi connectivity index (χ1) is 16.0. The summed E-state index contributed by atoms with van der Waals surface area (Å²) in [5.41, 5.74) is 3.39. The van der Waals surface area contributed by atoms with E-state index in [9.17, 15) is 9.90 Å². The van der Waals surface area contributed by atoms with Crippen LogP contribution in [0.5, 0.6) is 5.75 Å². The number of aromatic hydroxyl groups is 1. The van der Waals surface area contributed by atoms with Gasteiger partial charge in [0.05, 0.1) is 16.5 Å². The summed E-state index contributed by atoms with van der Waals surface area (Å²) >= 11 is 9.56. The lowest BCUT2D eigenvalue weighted by molar-refractivity contribution is 0.246. The normalized spacial score (nSPS) is 14.7. The molecule has 3 aromatic carbocycles. The van der Waals surface area contributed by atoms with E-state index in [1.165, 1.54) is 6.26 Å². The Labute approximate surface area is 204 Å². The van der Waals surface area contributed by atoms with Crippen molar-refractivity contribution in [1.82, 2.24) is 4.90 Å². The lowest BCUT2D eigenvalue weighted by atomic mass is 10.0. The largest absolute Gasteiger partial charge is 0.507 e. The van der Waals surface area contributed by atoms with Crippen molar-refractivity contribution in [3.05, 3.63) is 92.2 Å². The van der Waals surface area contributed by atoms with Gasteiger partial charge in [0.2, 0.25) is 5.43 Å². The molecular formula is C26H22BrClN2O3. The van der Waals surface area contributed by atoms with Crippen LogP contribution in [0.2, 0.25) is 5.02 Å². The minimum atomic E-state index is -0.106. The molecule has 0 saturated carbocycles. The van der Waals surface area contributed by atoms with Gasteiger partial charge in [-0.2, -0.15) is 0 Å². The maximum atomic E-state index is 13.2. The third-order valence-corrected chi connectivity index (χ3v) is 6.87. The number of hydrogen-bond donors (Lipinski definition) is 1. The number of phenolic OH excluding ortho intramolecular Hbond substituents is 1. The quantitative estimate of drug-likeness (QED) is 0.359. The number of fused-ring (bicyclic) bond motifs is 1. The van der Waals surface area contributed by atoms with Gasteiger partial charge in [-0.25, -0.2) is 0 Å². The zero-order valence-corrected chi connectivity index (χ0v) is 20.1. The molecule has 2 heterocycles. The van der Waals surface area contributed by atoms with Gasteiger partial charge in [-0.15, -0.1) is 0 Å². The maximum Gasteiger partial charge on any atom is 0.200 e. The number of phenols is 1. The minimum Gasteiger partial charge on any atom is -0.507 e. The zero-order valence-electron chi connectivity index (χ0n) is 17.8. The smallest absolute Gasteiger partial charge is 0.200 e. The lowest BCUT2D eigenvalue weighted by Gasteiger charge is -2.36. The number of anilines is 1. The van der Waals surface area contributed by atoms with E-state index in [0.29, 0.717) is 28.6 Å². The van der Waals surface area contributed by atoms with E-state index in [4.69, 9.17) is 16.0 Å². The maximum absolute atomic E-state index is 13.2. The minimum absolute atomic E-state index is 0.106. The number of nitrogens with zero attached hydrogens (tertiary/aromatic N) is 2. The molecule has 168 valence electrons. The predicted molar refractivity (Wildman–Crippen MR) is 136 cm³/mol. The molecule has 0 spiro atoms. The highest BCUT2D eigenvalue weighted by atomic mass is 79.9. The van der Waals surface area contributed by atoms with Crippen LogP contribution in [0.4, 0.5) is 5.69 Å². The summed E-state index contributed by atoms with van der Waals surface area (Å²) in [5, 5.41) is 11.8. The molecule has 4 aromatic rings. The van der Waals surface area contributed by atoms with Crippen molar-refractivity contribution < 1.29 is 9.52 Å². The lowest BCUT2D eigenvalue weighted by Crippen LogP contribution is -2.46. The van der Waals surface area contributed by atoms with Gasteiger partial charge in [0, 0.05) is 47.9 Å². The number of benzene rings is 3. The van der Waals surface area contributed by atoms with Gasteiger partial charge < -0.3 is 14.4 Å². The molecule has 5 rings (SSSR count). The van der Waals surface area contributed by atoms with Crippen LogP contribution in [-0.4, -0.2) is 36.2 Å². The zero-order chi connectivity index (χ0) is 22.9. The van der Waals surface area contributed by atoms with E-state index in [2.05, 4.69) is 31.8 Å². The summed E-state index contributed by atoms with van der Waals surface area (Å²) in [5.74, 6) is 0.138. The molecule has 1 aromatic heterocycles. The van der Waals surface area contributed by atoms with Gasteiger partial charge in [-0.05, 0) is 48.0 Å². The van der Waals surface area contributed by atoms with Gasteiger partial charge in [0.1, 0.15) is 17.6 Å². The molecule has 1 aliphatic heterocycles. The van der Waals surface area contributed by atoms with Crippen LogP contribution in [0.15, 0.2) is 80.6 Å². The van der Waals surface area contributed by atoms with Crippen LogP contribution in [-0.2, 0) is 6.54 Å². The molecule has 0 bridgehead atoms. The molecule has 33 heavy (non-hydrogen) atoms. The van der Waals surface area contributed by atoms with Gasteiger partial charge in [-0.1, -0.05) is 45.7 Å². The number of rotatable bonds is 4. The molecular weight excluding hydrogens is 504 g/mol. The molecule has 1 saturated heterocycles. The highest BCUT2D eigenvalue weighted by Gasteiger charge is 2.21. The monoisotopic (exact) mass is 524 g/mol. The average molecular weight is 526 g/mol. The Hall–Kier alpha value is -2.80. The Morgan fingerprint density at radius 1 is 1.00 bits per heavy atom. The summed E-state index contributed by atoms with van der Waals surface area (Å²) in [6.45, 7) is 3.85. The highest BCUT2D eigenvalue weighted by molar-refractivity contribution is 9.10. The van der Waals surface area contributed by atoms with E-state index in [1.54, 1.807) is 12.1 Å². The Kier molecular flexibility index (Phi) is 6.15. The topological polar surface area (TPSA) is 56.9 Å². The summed E-state index contributed by atoms with van der Waals surface area (Å²) in [6.07, 6.45) is 1.49. The molecule has 7 heteroatoms. The fourth-order valence-corrected chi connectivity index (χ4v) is 4.74. The van der Waals surface area contributed by atoms with Crippen molar-refractivity contribution >= 4 is 44.2 Å². The third kappa shape index (κ3) is 4.51. The fourth-order valence-electron chi connectivity index (χ4n) is 4.29. The van der Waals surface area contributed by atoms with Crippen LogP contribution >= 0.6 is 27.5 Å². The Bertz CT molecular complexity index is 1360. The van der Waals surface area contributed by atoms with Crippen molar-refractivity contribution in [1.29, 1.82) is 0 Å². The highest BCUT2D eigenvalue weighted by Crippen LogP contribution is 2.30. The molecule has 0 unspecified atom stereocenters. The van der Waals surface area contributed by atoms with Crippen LogP contribution in [0, 0.1) is 0 Å². The summed E-state index contributed by atoms with van der Waals surface area (Å²) in [4.78, 5) is 17.8. The van der Waals surface area contributed by atoms with Crippen molar-refractivity contribution in [3.63, 3.8) is 0 Å². The molecule has 0 radical (unpaired) electrons. The van der Waals surface area contributed by atoms with Gasteiger partial charge in [0.15, 0.2) is 0 Å². The Morgan fingerprint density at radius 2 is 1.76 bits per heavy atom. The molecule has 5 nitrogen and oxygen atoms in total. The van der Waals surface area contributed by atoms with Crippen LogP contribution < -0.4 is 10.3 Å². The fraction of sp³-hybridized carbons (Fsp3) is 0.192. The van der Waals surface area contributed by atoms with Crippen LogP contribution in [0.3, 0.4) is 0 Å². The van der Waals surface area contributed by atoms with E-state index in [-0.39, 0.29) is 11.2 Å². The SMILES string of the molecule is O=c1c(-c2ccc(Br)cc2)coc2c(CN3CCN(c4cccc(Cl)c4)CC3)c(O)ccc12.